The van der Waals surface area contributed by atoms with E-state index < -0.39 is 0 Å². The lowest BCUT2D eigenvalue weighted by atomic mass is 9.98. The molecule has 2 rings (SSSR count). The van der Waals surface area contributed by atoms with Crippen LogP contribution >= 0.6 is 0 Å². The molecule has 20 heavy (non-hydrogen) atoms. The van der Waals surface area contributed by atoms with E-state index in [0.29, 0.717) is 24.6 Å². The van der Waals surface area contributed by atoms with Gasteiger partial charge in [0, 0.05) is 6.54 Å². The minimum atomic E-state index is 0.222. The Balaban J connectivity index is 2.06. The fraction of sp³-hybridized carbons (Fsp3) is 0.786. The molecule has 0 radical (unpaired) electrons. The summed E-state index contributed by atoms with van der Waals surface area (Å²) in [7, 11) is 0. The predicted octanol–water partition coefficient (Wildman–Crippen LogP) is 2.80. The fourth-order valence-corrected chi connectivity index (χ4v) is 2.22. The second-order valence-electron chi connectivity index (χ2n) is 4.98. The molecule has 0 aromatic carbocycles. The van der Waals surface area contributed by atoms with Gasteiger partial charge in [0.25, 0.3) is 0 Å². The standard InChI is InChI=1S/C14H24N4O2/c1-3-10-19-13-16-12(15-4-2)17-14(18-13)20-11-8-6-5-7-9-11/h11H,3-10H2,1-2H3,(H,15,16,17,18). The van der Waals surface area contributed by atoms with E-state index in [9.17, 15) is 0 Å². The van der Waals surface area contributed by atoms with Crippen molar-refractivity contribution in [1.82, 2.24) is 15.0 Å². The van der Waals surface area contributed by atoms with Crippen molar-refractivity contribution >= 4 is 5.95 Å². The Morgan fingerprint density at radius 2 is 1.80 bits per heavy atom. The smallest absolute Gasteiger partial charge is 0.324 e. The Bertz CT molecular complexity index is 408. The fourth-order valence-electron chi connectivity index (χ4n) is 2.22. The second kappa shape index (κ2) is 7.87. The quantitative estimate of drug-likeness (QED) is 0.828. The molecule has 1 fully saturated rings. The molecule has 0 bridgehead atoms. The highest BCUT2D eigenvalue weighted by atomic mass is 16.5. The average Bonchev–Trinajstić information content (AvgIpc) is 2.46. The van der Waals surface area contributed by atoms with Gasteiger partial charge < -0.3 is 14.8 Å². The Morgan fingerprint density at radius 3 is 2.50 bits per heavy atom. The molecule has 0 atom stereocenters. The largest absolute Gasteiger partial charge is 0.463 e. The summed E-state index contributed by atoms with van der Waals surface area (Å²) in [5.41, 5.74) is 0. The highest BCUT2D eigenvalue weighted by Gasteiger charge is 2.17. The first kappa shape index (κ1) is 14.8. The highest BCUT2D eigenvalue weighted by Crippen LogP contribution is 2.22. The van der Waals surface area contributed by atoms with Crippen LogP contribution in [0, 0.1) is 0 Å². The van der Waals surface area contributed by atoms with Crippen molar-refractivity contribution in [3.8, 4) is 12.0 Å². The minimum Gasteiger partial charge on any atom is -0.463 e. The topological polar surface area (TPSA) is 69.2 Å². The molecule has 1 aliphatic rings. The maximum Gasteiger partial charge on any atom is 0.324 e. The van der Waals surface area contributed by atoms with E-state index in [2.05, 4.69) is 20.3 Å². The Kier molecular flexibility index (Phi) is 5.83. The maximum absolute atomic E-state index is 5.88. The molecule has 1 aromatic heterocycles. The van der Waals surface area contributed by atoms with Gasteiger partial charge in [-0.3, -0.25) is 0 Å². The van der Waals surface area contributed by atoms with Crippen LogP contribution in [-0.2, 0) is 0 Å². The maximum atomic E-state index is 5.88. The van der Waals surface area contributed by atoms with Crippen LogP contribution in [0.4, 0.5) is 5.95 Å². The van der Waals surface area contributed by atoms with Crippen LogP contribution in [0.1, 0.15) is 52.4 Å². The molecule has 0 unspecified atom stereocenters. The van der Waals surface area contributed by atoms with Crippen LogP contribution in [0.25, 0.3) is 0 Å². The van der Waals surface area contributed by atoms with Gasteiger partial charge in [-0.25, -0.2) is 0 Å². The van der Waals surface area contributed by atoms with Crippen molar-refractivity contribution in [1.29, 1.82) is 0 Å². The zero-order valence-corrected chi connectivity index (χ0v) is 12.4. The third-order valence-corrected chi connectivity index (χ3v) is 3.19. The first-order valence-electron chi connectivity index (χ1n) is 7.61. The van der Waals surface area contributed by atoms with E-state index in [1.54, 1.807) is 0 Å². The molecule has 1 heterocycles. The number of hydrogen-bond donors (Lipinski definition) is 1. The van der Waals surface area contributed by atoms with Crippen molar-refractivity contribution in [2.75, 3.05) is 18.5 Å². The lowest BCUT2D eigenvalue weighted by Crippen LogP contribution is -2.21. The van der Waals surface area contributed by atoms with Gasteiger partial charge in [0.1, 0.15) is 6.10 Å². The molecule has 0 saturated heterocycles. The Morgan fingerprint density at radius 1 is 1.05 bits per heavy atom. The number of nitrogens with zero attached hydrogens (tertiary/aromatic N) is 3. The van der Waals surface area contributed by atoms with Gasteiger partial charge in [0.05, 0.1) is 6.61 Å². The average molecular weight is 280 g/mol. The Hall–Kier alpha value is -1.59. The van der Waals surface area contributed by atoms with Crippen molar-refractivity contribution in [3.05, 3.63) is 0 Å². The van der Waals surface area contributed by atoms with E-state index in [4.69, 9.17) is 9.47 Å². The van der Waals surface area contributed by atoms with Crippen LogP contribution < -0.4 is 14.8 Å². The molecule has 0 aliphatic heterocycles. The van der Waals surface area contributed by atoms with Crippen molar-refractivity contribution in [2.24, 2.45) is 0 Å². The van der Waals surface area contributed by atoms with Crippen LogP contribution in [-0.4, -0.2) is 34.2 Å². The zero-order chi connectivity index (χ0) is 14.2. The van der Waals surface area contributed by atoms with Crippen molar-refractivity contribution < 1.29 is 9.47 Å². The van der Waals surface area contributed by atoms with E-state index in [0.717, 1.165) is 25.8 Å². The molecular formula is C14H24N4O2. The normalized spacial score (nSPS) is 15.9. The molecule has 0 spiro atoms. The number of anilines is 1. The summed E-state index contributed by atoms with van der Waals surface area (Å²) in [5.74, 6) is 0.513. The SMILES string of the molecule is CCCOc1nc(NCC)nc(OC2CCCCC2)n1. The lowest BCUT2D eigenvalue weighted by Gasteiger charge is -2.21. The molecule has 1 aromatic rings. The number of rotatable bonds is 7. The molecule has 1 aliphatic carbocycles. The van der Waals surface area contributed by atoms with E-state index in [1.807, 2.05) is 13.8 Å². The third kappa shape index (κ3) is 4.51. The Labute approximate surface area is 120 Å². The molecule has 6 nitrogen and oxygen atoms in total. The first-order chi connectivity index (χ1) is 9.81. The van der Waals surface area contributed by atoms with Crippen LogP contribution in [0.15, 0.2) is 0 Å². The van der Waals surface area contributed by atoms with Crippen molar-refractivity contribution in [3.63, 3.8) is 0 Å². The number of aromatic nitrogens is 3. The van der Waals surface area contributed by atoms with Gasteiger partial charge >= 0.3 is 12.0 Å². The van der Waals surface area contributed by atoms with Crippen molar-refractivity contribution in [2.45, 2.75) is 58.5 Å². The molecule has 1 saturated carbocycles. The van der Waals surface area contributed by atoms with Gasteiger partial charge in [0.15, 0.2) is 0 Å². The van der Waals surface area contributed by atoms with Crippen LogP contribution in [0.2, 0.25) is 0 Å². The summed E-state index contributed by atoms with van der Waals surface area (Å²) in [4.78, 5) is 12.7. The molecule has 112 valence electrons. The monoisotopic (exact) mass is 280 g/mol. The van der Waals surface area contributed by atoms with Gasteiger partial charge in [-0.05, 0) is 39.0 Å². The summed E-state index contributed by atoms with van der Waals surface area (Å²) >= 11 is 0. The van der Waals surface area contributed by atoms with E-state index >= 15 is 0 Å². The molecule has 6 heteroatoms. The van der Waals surface area contributed by atoms with Gasteiger partial charge in [-0.15, -0.1) is 4.98 Å². The summed E-state index contributed by atoms with van der Waals surface area (Å²) in [6.45, 7) is 5.39. The third-order valence-electron chi connectivity index (χ3n) is 3.19. The zero-order valence-electron chi connectivity index (χ0n) is 12.4. The molecular weight excluding hydrogens is 256 g/mol. The highest BCUT2D eigenvalue weighted by molar-refractivity contribution is 5.27. The number of ether oxygens (including phenoxy) is 2. The van der Waals surface area contributed by atoms with Gasteiger partial charge in [-0.2, -0.15) is 9.97 Å². The molecule has 0 amide bonds. The van der Waals surface area contributed by atoms with Crippen LogP contribution in [0.5, 0.6) is 12.0 Å². The minimum absolute atomic E-state index is 0.222. The summed E-state index contributed by atoms with van der Waals surface area (Å²) in [6, 6.07) is 0.706. The van der Waals surface area contributed by atoms with Gasteiger partial charge in [0.2, 0.25) is 5.95 Å². The second-order valence-corrected chi connectivity index (χ2v) is 4.98. The number of nitrogens with one attached hydrogen (secondary N) is 1. The lowest BCUT2D eigenvalue weighted by molar-refractivity contribution is 0.139. The summed E-state index contributed by atoms with van der Waals surface area (Å²) < 4.78 is 11.4. The summed E-state index contributed by atoms with van der Waals surface area (Å²) in [5, 5.41) is 3.08. The van der Waals surface area contributed by atoms with Gasteiger partial charge in [-0.1, -0.05) is 13.3 Å². The summed E-state index contributed by atoms with van der Waals surface area (Å²) in [6.07, 6.45) is 7.02. The van der Waals surface area contributed by atoms with E-state index in [-0.39, 0.29) is 6.10 Å². The van der Waals surface area contributed by atoms with E-state index in [1.165, 1.54) is 19.3 Å². The predicted molar refractivity (Wildman–Crippen MR) is 77.3 cm³/mol. The first-order valence-corrected chi connectivity index (χ1v) is 7.61. The number of hydrogen-bond acceptors (Lipinski definition) is 6. The molecule has 1 N–H and O–H groups in total. The van der Waals surface area contributed by atoms with Crippen LogP contribution in [0.3, 0.4) is 0 Å².